The average molecular weight is 485 g/mol. The van der Waals surface area contributed by atoms with Gasteiger partial charge in [0, 0.05) is 31.6 Å². The fraction of sp³-hybridized carbons (Fsp3) is 0.577. The van der Waals surface area contributed by atoms with Crippen LogP contribution in [-0.4, -0.2) is 58.9 Å². The number of rotatable bonds is 8. The normalized spacial score (nSPS) is 21.2. The highest BCUT2D eigenvalue weighted by atomic mass is 19.3. The van der Waals surface area contributed by atoms with Gasteiger partial charge in [-0.1, -0.05) is 18.6 Å². The Bertz CT molecular complexity index is 1120. The Morgan fingerprint density at radius 3 is 2.51 bits per heavy atom. The zero-order valence-electron chi connectivity index (χ0n) is 20.3. The number of alkyl halides is 2. The summed E-state index contributed by atoms with van der Waals surface area (Å²) in [5.74, 6) is 2.37. The van der Waals surface area contributed by atoms with Crippen molar-refractivity contribution >= 4 is 16.9 Å². The lowest BCUT2D eigenvalue weighted by Crippen LogP contribution is -2.37. The predicted octanol–water partition coefficient (Wildman–Crippen LogP) is 4.69. The molecule has 2 aromatic heterocycles. The second kappa shape index (κ2) is 11.0. The van der Waals surface area contributed by atoms with E-state index in [0.717, 1.165) is 44.1 Å². The first kappa shape index (κ1) is 24.1. The third-order valence-electron chi connectivity index (χ3n) is 7.36. The van der Waals surface area contributed by atoms with Crippen LogP contribution in [0.1, 0.15) is 56.6 Å². The quantitative estimate of drug-likeness (QED) is 0.500. The molecule has 0 amide bonds. The van der Waals surface area contributed by atoms with Crippen LogP contribution in [0, 0.1) is 5.92 Å². The molecule has 188 valence electrons. The van der Waals surface area contributed by atoms with E-state index < -0.39 is 6.43 Å². The molecule has 0 spiro atoms. The Hall–Kier alpha value is -2.65. The van der Waals surface area contributed by atoms with Crippen LogP contribution in [0.3, 0.4) is 0 Å². The van der Waals surface area contributed by atoms with Crippen LogP contribution in [-0.2, 0) is 11.2 Å². The highest BCUT2D eigenvalue weighted by Gasteiger charge is 2.24. The largest absolute Gasteiger partial charge is 0.378 e. The third kappa shape index (κ3) is 5.46. The minimum atomic E-state index is -2.71. The Labute approximate surface area is 204 Å². The van der Waals surface area contributed by atoms with Crippen LogP contribution >= 0.6 is 0 Å². The molecule has 0 radical (unpaired) electrons. The van der Waals surface area contributed by atoms with Gasteiger partial charge in [-0.05, 0) is 57.2 Å². The number of morpholine rings is 1. The van der Waals surface area contributed by atoms with Crippen molar-refractivity contribution in [2.45, 2.75) is 57.4 Å². The number of aryl methyl sites for hydroxylation is 1. The van der Waals surface area contributed by atoms with Gasteiger partial charge in [-0.3, -0.25) is 4.57 Å². The molecular formula is C26H34F2N6O. The van der Waals surface area contributed by atoms with E-state index in [0.29, 0.717) is 41.9 Å². The molecule has 1 N–H and O–H groups in total. The number of hydrogen-bond acceptors (Lipinski definition) is 6. The maximum absolute atomic E-state index is 14.0. The molecule has 35 heavy (non-hydrogen) atoms. The monoisotopic (exact) mass is 484 g/mol. The fourth-order valence-corrected chi connectivity index (χ4v) is 5.37. The van der Waals surface area contributed by atoms with Crippen LogP contribution in [0.5, 0.6) is 0 Å². The summed E-state index contributed by atoms with van der Waals surface area (Å²) in [6.45, 7) is 2.69. The standard InChI is InChI=1S/C26H34F2N6O/c1-29-19-11-9-18(10-12-19)5-4-8-22-31-23(33-13-15-35-16-14-33)17-24(32-22)34-21-7-3-2-6-20(21)30-26(34)25(27)28/h2-3,6-7,17-19,25,29H,4-5,8-16H2,1H3. The van der Waals surface area contributed by atoms with Gasteiger partial charge in [0.1, 0.15) is 17.5 Å². The van der Waals surface area contributed by atoms with Crippen molar-refractivity contribution < 1.29 is 13.5 Å². The molecule has 1 aromatic carbocycles. The first-order chi connectivity index (χ1) is 17.1. The molecule has 9 heteroatoms. The van der Waals surface area contributed by atoms with Gasteiger partial charge < -0.3 is 15.0 Å². The first-order valence-corrected chi connectivity index (χ1v) is 12.8. The van der Waals surface area contributed by atoms with E-state index in [-0.39, 0.29) is 5.82 Å². The van der Waals surface area contributed by atoms with E-state index in [1.54, 1.807) is 6.07 Å². The Balaban J connectivity index is 1.43. The molecule has 1 aliphatic heterocycles. The zero-order chi connectivity index (χ0) is 24.2. The topological polar surface area (TPSA) is 68.1 Å². The number of imidazole rings is 1. The molecule has 2 aliphatic rings. The van der Waals surface area contributed by atoms with Gasteiger partial charge >= 0.3 is 0 Å². The number of aromatic nitrogens is 4. The number of halogens is 2. The molecule has 3 aromatic rings. The minimum Gasteiger partial charge on any atom is -0.378 e. The summed E-state index contributed by atoms with van der Waals surface area (Å²) in [6.07, 6.45) is 5.14. The summed E-state index contributed by atoms with van der Waals surface area (Å²) in [6, 6.07) is 9.68. The lowest BCUT2D eigenvalue weighted by Gasteiger charge is -2.29. The van der Waals surface area contributed by atoms with Crippen LogP contribution < -0.4 is 10.2 Å². The molecule has 0 bridgehead atoms. The maximum Gasteiger partial charge on any atom is 0.296 e. The molecule has 1 saturated heterocycles. The van der Waals surface area contributed by atoms with E-state index in [2.05, 4.69) is 15.2 Å². The van der Waals surface area contributed by atoms with E-state index >= 15 is 0 Å². The number of nitrogens with zero attached hydrogens (tertiary/aromatic N) is 5. The summed E-state index contributed by atoms with van der Waals surface area (Å²) in [5.41, 5.74) is 1.16. The van der Waals surface area contributed by atoms with Crippen LogP contribution in [0.4, 0.5) is 14.6 Å². The maximum atomic E-state index is 14.0. The van der Waals surface area contributed by atoms with Crippen LogP contribution in [0.15, 0.2) is 30.3 Å². The van der Waals surface area contributed by atoms with Gasteiger partial charge in [0.05, 0.1) is 24.2 Å². The van der Waals surface area contributed by atoms with Crippen molar-refractivity contribution in [1.29, 1.82) is 0 Å². The van der Waals surface area contributed by atoms with Gasteiger partial charge in [-0.15, -0.1) is 0 Å². The lowest BCUT2D eigenvalue weighted by molar-refractivity contribution is 0.122. The summed E-state index contributed by atoms with van der Waals surface area (Å²) in [5, 5.41) is 3.39. The average Bonchev–Trinajstić information content (AvgIpc) is 3.30. The number of hydrogen-bond donors (Lipinski definition) is 1. The lowest BCUT2D eigenvalue weighted by atomic mass is 9.83. The molecule has 3 heterocycles. The van der Waals surface area contributed by atoms with Crippen LogP contribution in [0.25, 0.3) is 16.9 Å². The number of fused-ring (bicyclic) bond motifs is 1. The third-order valence-corrected chi connectivity index (χ3v) is 7.36. The SMILES string of the molecule is CNC1CCC(CCCc2nc(N3CCOCC3)cc(-n3c(C(F)F)nc4ccccc43)n2)CC1. The number of ether oxygens (including phenoxy) is 1. The molecule has 1 saturated carbocycles. The Kier molecular flexibility index (Phi) is 7.53. The fourth-order valence-electron chi connectivity index (χ4n) is 5.37. The number of anilines is 1. The van der Waals surface area contributed by atoms with Crippen molar-refractivity contribution in [3.63, 3.8) is 0 Å². The molecule has 7 nitrogen and oxygen atoms in total. The van der Waals surface area contributed by atoms with E-state index in [4.69, 9.17) is 14.7 Å². The van der Waals surface area contributed by atoms with Crippen molar-refractivity contribution in [3.8, 4) is 5.82 Å². The Morgan fingerprint density at radius 1 is 1.03 bits per heavy atom. The molecule has 1 aliphatic carbocycles. The second-order valence-corrected chi connectivity index (χ2v) is 9.59. The first-order valence-electron chi connectivity index (χ1n) is 12.8. The highest BCUT2D eigenvalue weighted by molar-refractivity contribution is 5.78. The number of nitrogens with one attached hydrogen (secondary N) is 1. The zero-order valence-corrected chi connectivity index (χ0v) is 20.3. The number of benzene rings is 1. The summed E-state index contributed by atoms with van der Waals surface area (Å²) < 4.78 is 35.0. The predicted molar refractivity (Wildman–Crippen MR) is 132 cm³/mol. The molecule has 0 atom stereocenters. The van der Waals surface area contributed by atoms with Crippen molar-refractivity contribution in [3.05, 3.63) is 42.0 Å². The second-order valence-electron chi connectivity index (χ2n) is 9.59. The smallest absolute Gasteiger partial charge is 0.296 e. The van der Waals surface area contributed by atoms with Gasteiger partial charge in [0.15, 0.2) is 5.82 Å². The van der Waals surface area contributed by atoms with E-state index in [1.807, 2.05) is 31.3 Å². The number of para-hydroxylation sites is 2. The van der Waals surface area contributed by atoms with Crippen molar-refractivity contribution in [2.75, 3.05) is 38.3 Å². The molecule has 2 fully saturated rings. The van der Waals surface area contributed by atoms with Gasteiger partial charge in [0.25, 0.3) is 6.43 Å². The van der Waals surface area contributed by atoms with Gasteiger partial charge in [-0.2, -0.15) is 0 Å². The van der Waals surface area contributed by atoms with E-state index in [9.17, 15) is 8.78 Å². The molecule has 0 unspecified atom stereocenters. The van der Waals surface area contributed by atoms with Crippen molar-refractivity contribution in [1.82, 2.24) is 24.8 Å². The Morgan fingerprint density at radius 2 is 1.77 bits per heavy atom. The van der Waals surface area contributed by atoms with Gasteiger partial charge in [0.2, 0.25) is 0 Å². The molecule has 5 rings (SSSR count). The van der Waals surface area contributed by atoms with E-state index in [1.165, 1.54) is 30.3 Å². The molecular weight excluding hydrogens is 450 g/mol. The summed E-state index contributed by atoms with van der Waals surface area (Å²) >= 11 is 0. The van der Waals surface area contributed by atoms with Gasteiger partial charge in [-0.25, -0.2) is 23.7 Å². The van der Waals surface area contributed by atoms with Crippen molar-refractivity contribution in [2.24, 2.45) is 5.92 Å². The van der Waals surface area contributed by atoms with Crippen LogP contribution in [0.2, 0.25) is 0 Å². The minimum absolute atomic E-state index is 0.287. The summed E-state index contributed by atoms with van der Waals surface area (Å²) in [7, 11) is 2.05. The summed E-state index contributed by atoms with van der Waals surface area (Å²) in [4.78, 5) is 16.0. The highest BCUT2D eigenvalue weighted by Crippen LogP contribution is 2.30.